The molecule has 0 saturated carbocycles. The number of benzene rings is 2. The van der Waals surface area contributed by atoms with E-state index in [1.165, 1.54) is 0 Å². The Hall–Kier alpha value is -2.20. The summed E-state index contributed by atoms with van der Waals surface area (Å²) in [5.41, 5.74) is 2.67. The number of carbonyl (C=O) groups is 1. The van der Waals surface area contributed by atoms with Crippen LogP contribution in [0.25, 0.3) is 0 Å². The van der Waals surface area contributed by atoms with Crippen molar-refractivity contribution in [1.82, 2.24) is 5.32 Å². The third-order valence-electron chi connectivity index (χ3n) is 3.12. The van der Waals surface area contributed by atoms with E-state index in [0.717, 1.165) is 22.6 Å². The summed E-state index contributed by atoms with van der Waals surface area (Å²) in [6, 6.07) is 12.7. The fraction of sp³-hybridized carbons (Fsp3) is 0.235. The molecule has 0 aromatic heterocycles. The van der Waals surface area contributed by atoms with Gasteiger partial charge in [0.15, 0.2) is 0 Å². The predicted molar refractivity (Wildman–Crippen MR) is 89.7 cm³/mol. The summed E-state index contributed by atoms with van der Waals surface area (Å²) >= 11 is 5.89. The predicted octanol–water partition coefficient (Wildman–Crippen LogP) is 4.37. The maximum atomic E-state index is 11.9. The summed E-state index contributed by atoms with van der Waals surface area (Å²) < 4.78 is 5.38. The number of hydrogen-bond acceptors (Lipinski definition) is 2. The third-order valence-corrected chi connectivity index (χ3v) is 3.36. The number of hydrogen-bond donors (Lipinski definition) is 2. The second kappa shape index (κ2) is 7.71. The fourth-order valence-corrected chi connectivity index (χ4v) is 2.21. The zero-order valence-corrected chi connectivity index (χ0v) is 13.4. The highest BCUT2D eigenvalue weighted by Gasteiger charge is 2.05. The zero-order valence-electron chi connectivity index (χ0n) is 12.7. The lowest BCUT2D eigenvalue weighted by Crippen LogP contribution is -2.28. The Morgan fingerprint density at radius 2 is 1.91 bits per heavy atom. The average molecular weight is 319 g/mol. The SMILES string of the molecule is CCOc1ccc(CNC(=O)Nc2ccc(Cl)cc2C)cc1. The van der Waals surface area contributed by atoms with Crippen LogP contribution in [-0.2, 0) is 6.54 Å². The number of carbonyl (C=O) groups excluding carboxylic acids is 1. The minimum atomic E-state index is -0.251. The Morgan fingerprint density at radius 3 is 2.55 bits per heavy atom. The third kappa shape index (κ3) is 4.67. The van der Waals surface area contributed by atoms with Gasteiger partial charge in [0.05, 0.1) is 6.61 Å². The molecule has 0 unspecified atom stereocenters. The molecule has 22 heavy (non-hydrogen) atoms. The van der Waals surface area contributed by atoms with Gasteiger partial charge in [0.1, 0.15) is 5.75 Å². The molecule has 116 valence electrons. The molecule has 5 heteroatoms. The first-order valence-corrected chi connectivity index (χ1v) is 7.49. The van der Waals surface area contributed by atoms with Gasteiger partial charge in [0.25, 0.3) is 0 Å². The molecule has 0 aliphatic carbocycles. The molecule has 0 aliphatic heterocycles. The van der Waals surface area contributed by atoms with Crippen LogP contribution in [0, 0.1) is 6.92 Å². The van der Waals surface area contributed by atoms with Gasteiger partial charge in [-0.2, -0.15) is 0 Å². The quantitative estimate of drug-likeness (QED) is 0.860. The summed E-state index contributed by atoms with van der Waals surface area (Å²) in [7, 11) is 0. The van der Waals surface area contributed by atoms with Crippen molar-refractivity contribution >= 4 is 23.3 Å². The van der Waals surface area contributed by atoms with Gasteiger partial charge >= 0.3 is 6.03 Å². The van der Waals surface area contributed by atoms with Crippen LogP contribution < -0.4 is 15.4 Å². The molecule has 4 nitrogen and oxygen atoms in total. The van der Waals surface area contributed by atoms with E-state index in [-0.39, 0.29) is 6.03 Å². The van der Waals surface area contributed by atoms with Gasteiger partial charge in [-0.1, -0.05) is 23.7 Å². The van der Waals surface area contributed by atoms with Crippen LogP contribution in [0.1, 0.15) is 18.1 Å². The number of amides is 2. The Bertz CT molecular complexity index is 642. The number of ether oxygens (including phenoxy) is 1. The van der Waals surface area contributed by atoms with Crippen molar-refractivity contribution in [2.24, 2.45) is 0 Å². The van der Waals surface area contributed by atoms with E-state index in [2.05, 4.69) is 10.6 Å². The molecule has 0 heterocycles. The number of aryl methyl sites for hydroxylation is 1. The number of anilines is 1. The van der Waals surface area contributed by atoms with Crippen molar-refractivity contribution in [2.75, 3.05) is 11.9 Å². The molecular formula is C17H19ClN2O2. The average Bonchev–Trinajstić information content (AvgIpc) is 2.50. The summed E-state index contributed by atoms with van der Waals surface area (Å²) in [5, 5.41) is 6.27. The second-order valence-electron chi connectivity index (χ2n) is 4.84. The van der Waals surface area contributed by atoms with Gasteiger partial charge < -0.3 is 15.4 Å². The Balaban J connectivity index is 1.87. The monoisotopic (exact) mass is 318 g/mol. The van der Waals surface area contributed by atoms with Gasteiger partial charge in [0, 0.05) is 17.3 Å². The van der Waals surface area contributed by atoms with Crippen LogP contribution in [0.3, 0.4) is 0 Å². The van der Waals surface area contributed by atoms with Gasteiger partial charge in [-0.05, 0) is 55.3 Å². The highest BCUT2D eigenvalue weighted by Crippen LogP contribution is 2.19. The zero-order chi connectivity index (χ0) is 15.9. The van der Waals surface area contributed by atoms with Gasteiger partial charge in [-0.25, -0.2) is 4.79 Å². The van der Waals surface area contributed by atoms with Crippen LogP contribution in [0.15, 0.2) is 42.5 Å². The molecule has 2 N–H and O–H groups in total. The van der Waals surface area contributed by atoms with E-state index in [9.17, 15) is 4.79 Å². The summed E-state index contributed by atoms with van der Waals surface area (Å²) in [4.78, 5) is 11.9. The molecule has 0 aliphatic rings. The van der Waals surface area contributed by atoms with Crippen molar-refractivity contribution < 1.29 is 9.53 Å². The molecule has 0 bridgehead atoms. The van der Waals surface area contributed by atoms with E-state index in [1.54, 1.807) is 12.1 Å². The maximum absolute atomic E-state index is 11.9. The molecule has 0 fully saturated rings. The van der Waals surface area contributed by atoms with Crippen molar-refractivity contribution in [1.29, 1.82) is 0 Å². The summed E-state index contributed by atoms with van der Waals surface area (Å²) in [6.45, 7) is 4.93. The van der Waals surface area contributed by atoms with E-state index < -0.39 is 0 Å². The lowest BCUT2D eigenvalue weighted by Gasteiger charge is -2.10. The van der Waals surface area contributed by atoms with E-state index in [0.29, 0.717) is 18.2 Å². The fourth-order valence-electron chi connectivity index (χ4n) is 1.99. The molecule has 2 amide bonds. The molecular weight excluding hydrogens is 300 g/mol. The standard InChI is InChI=1S/C17H19ClN2O2/c1-3-22-15-7-4-13(5-8-15)11-19-17(21)20-16-9-6-14(18)10-12(16)2/h4-10H,3,11H2,1-2H3,(H2,19,20,21). The Morgan fingerprint density at radius 1 is 1.18 bits per heavy atom. The van der Waals surface area contributed by atoms with Crippen LogP contribution in [0.4, 0.5) is 10.5 Å². The van der Waals surface area contributed by atoms with Crippen LogP contribution in [0.2, 0.25) is 5.02 Å². The van der Waals surface area contributed by atoms with Crippen LogP contribution in [0.5, 0.6) is 5.75 Å². The van der Waals surface area contributed by atoms with E-state index >= 15 is 0 Å². The highest BCUT2D eigenvalue weighted by atomic mass is 35.5. The van der Waals surface area contributed by atoms with Crippen molar-refractivity contribution in [2.45, 2.75) is 20.4 Å². The summed E-state index contributed by atoms with van der Waals surface area (Å²) in [5.74, 6) is 0.826. The normalized spacial score (nSPS) is 10.1. The molecule has 2 aromatic rings. The largest absolute Gasteiger partial charge is 0.494 e. The smallest absolute Gasteiger partial charge is 0.319 e. The lowest BCUT2D eigenvalue weighted by molar-refractivity contribution is 0.251. The number of urea groups is 1. The second-order valence-corrected chi connectivity index (χ2v) is 5.28. The first-order chi connectivity index (χ1) is 10.6. The van der Waals surface area contributed by atoms with Crippen LogP contribution in [-0.4, -0.2) is 12.6 Å². The highest BCUT2D eigenvalue weighted by molar-refractivity contribution is 6.30. The molecule has 0 spiro atoms. The minimum Gasteiger partial charge on any atom is -0.494 e. The Labute approximate surface area is 135 Å². The first-order valence-electron chi connectivity index (χ1n) is 7.11. The number of halogens is 1. The lowest BCUT2D eigenvalue weighted by atomic mass is 10.2. The topological polar surface area (TPSA) is 50.4 Å². The summed E-state index contributed by atoms with van der Waals surface area (Å²) in [6.07, 6.45) is 0. The number of nitrogens with one attached hydrogen (secondary N) is 2. The molecule has 0 atom stereocenters. The van der Waals surface area contributed by atoms with Crippen molar-refractivity contribution in [3.63, 3.8) is 0 Å². The van der Waals surface area contributed by atoms with E-state index in [4.69, 9.17) is 16.3 Å². The van der Waals surface area contributed by atoms with Crippen molar-refractivity contribution in [3.8, 4) is 5.75 Å². The first kappa shape index (κ1) is 16.2. The van der Waals surface area contributed by atoms with Gasteiger partial charge in [0.2, 0.25) is 0 Å². The minimum absolute atomic E-state index is 0.251. The van der Waals surface area contributed by atoms with E-state index in [1.807, 2.05) is 44.2 Å². The van der Waals surface area contributed by atoms with Gasteiger partial charge in [-0.3, -0.25) is 0 Å². The number of rotatable bonds is 5. The molecule has 2 aromatic carbocycles. The van der Waals surface area contributed by atoms with Gasteiger partial charge in [-0.15, -0.1) is 0 Å². The van der Waals surface area contributed by atoms with Crippen molar-refractivity contribution in [3.05, 3.63) is 58.6 Å². The maximum Gasteiger partial charge on any atom is 0.319 e. The Kier molecular flexibility index (Phi) is 5.67. The molecule has 2 rings (SSSR count). The van der Waals surface area contributed by atoms with Crippen LogP contribution >= 0.6 is 11.6 Å². The molecule has 0 saturated heterocycles. The molecule has 0 radical (unpaired) electrons.